The van der Waals surface area contributed by atoms with Crippen molar-refractivity contribution in [2.24, 2.45) is 0 Å². The lowest BCUT2D eigenvalue weighted by molar-refractivity contribution is -0.384. The summed E-state index contributed by atoms with van der Waals surface area (Å²) < 4.78 is 11.5. The zero-order valence-corrected chi connectivity index (χ0v) is 16.9. The molecule has 1 saturated heterocycles. The molecule has 1 aromatic carbocycles. The Labute approximate surface area is 179 Å². The van der Waals surface area contributed by atoms with Crippen molar-refractivity contribution in [1.82, 2.24) is 4.90 Å². The molecule has 0 bridgehead atoms. The normalized spacial score (nSPS) is 15.5. The Morgan fingerprint density at radius 3 is 2.79 bits per heavy atom. The number of nitro groups is 1. The van der Waals surface area contributed by atoms with Crippen molar-refractivity contribution >= 4 is 57.6 Å². The van der Waals surface area contributed by atoms with E-state index in [1.54, 1.807) is 30.3 Å². The maximum atomic E-state index is 12.7. The number of nitro benzene ring substituents is 1. The predicted octanol–water partition coefficient (Wildman–Crippen LogP) is 5.50. The van der Waals surface area contributed by atoms with E-state index in [0.717, 1.165) is 0 Å². The summed E-state index contributed by atoms with van der Waals surface area (Å²) in [6.45, 7) is 0.261. The Balaban J connectivity index is 1.56. The summed E-state index contributed by atoms with van der Waals surface area (Å²) in [5.74, 6) is 1.27. The standard InChI is InChI=1S/C19H11ClN2O5S2/c20-15-8-11(22(24)25)3-5-14(15)16-6-4-12(27-16)9-17-18(23)21(19(28)29-17)10-13-2-1-7-26-13/h1-9H,10H2/b17-9+. The van der Waals surface area contributed by atoms with E-state index < -0.39 is 4.92 Å². The third-order valence-electron chi connectivity index (χ3n) is 4.10. The number of amides is 1. The maximum Gasteiger partial charge on any atom is 0.270 e. The highest BCUT2D eigenvalue weighted by Crippen LogP contribution is 2.36. The molecule has 0 aliphatic carbocycles. The summed E-state index contributed by atoms with van der Waals surface area (Å²) in [4.78, 5) is 24.9. The van der Waals surface area contributed by atoms with E-state index in [1.807, 2.05) is 0 Å². The number of nitrogens with zero attached hydrogens (tertiary/aromatic N) is 2. The first-order chi connectivity index (χ1) is 13.9. The van der Waals surface area contributed by atoms with Crippen LogP contribution in [0.25, 0.3) is 17.4 Å². The fourth-order valence-corrected chi connectivity index (χ4v) is 4.22. The molecule has 0 spiro atoms. The van der Waals surface area contributed by atoms with Gasteiger partial charge in [-0.3, -0.25) is 19.8 Å². The van der Waals surface area contributed by atoms with E-state index in [4.69, 9.17) is 32.7 Å². The Morgan fingerprint density at radius 1 is 1.28 bits per heavy atom. The van der Waals surface area contributed by atoms with Crippen LogP contribution in [0.1, 0.15) is 11.5 Å². The van der Waals surface area contributed by atoms with Crippen molar-refractivity contribution in [1.29, 1.82) is 0 Å². The lowest BCUT2D eigenvalue weighted by Gasteiger charge is -2.11. The van der Waals surface area contributed by atoms with Crippen LogP contribution in [0.2, 0.25) is 5.02 Å². The molecule has 7 nitrogen and oxygen atoms in total. The molecule has 1 aliphatic heterocycles. The molecule has 10 heteroatoms. The van der Waals surface area contributed by atoms with E-state index in [-0.39, 0.29) is 23.2 Å². The summed E-state index contributed by atoms with van der Waals surface area (Å²) in [5, 5.41) is 11.0. The van der Waals surface area contributed by atoms with E-state index in [9.17, 15) is 14.9 Å². The van der Waals surface area contributed by atoms with Crippen LogP contribution in [0.15, 0.2) is 62.5 Å². The molecule has 29 heavy (non-hydrogen) atoms. The first-order valence-electron chi connectivity index (χ1n) is 8.24. The fourth-order valence-electron chi connectivity index (χ4n) is 2.72. The van der Waals surface area contributed by atoms with Crippen molar-refractivity contribution in [3.05, 3.63) is 80.3 Å². The maximum absolute atomic E-state index is 12.7. The monoisotopic (exact) mass is 446 g/mol. The zero-order chi connectivity index (χ0) is 20.5. The molecule has 2 aromatic heterocycles. The number of rotatable bonds is 5. The number of hydrogen-bond acceptors (Lipinski definition) is 7. The van der Waals surface area contributed by atoms with Crippen molar-refractivity contribution < 1.29 is 18.6 Å². The van der Waals surface area contributed by atoms with E-state index in [0.29, 0.717) is 32.1 Å². The molecule has 0 unspecified atom stereocenters. The van der Waals surface area contributed by atoms with Gasteiger partial charge in [-0.2, -0.15) is 0 Å². The van der Waals surface area contributed by atoms with Gasteiger partial charge in [-0.05, 0) is 30.3 Å². The van der Waals surface area contributed by atoms with Crippen molar-refractivity contribution in [2.45, 2.75) is 6.54 Å². The molecule has 3 heterocycles. The van der Waals surface area contributed by atoms with E-state index in [1.165, 1.54) is 41.1 Å². The summed E-state index contributed by atoms with van der Waals surface area (Å²) in [6.07, 6.45) is 3.14. The molecule has 1 aliphatic rings. The number of furan rings is 2. The van der Waals surface area contributed by atoms with E-state index >= 15 is 0 Å². The van der Waals surface area contributed by atoms with Crippen molar-refractivity contribution in [3.8, 4) is 11.3 Å². The highest BCUT2D eigenvalue weighted by Gasteiger charge is 2.32. The van der Waals surface area contributed by atoms with Crippen molar-refractivity contribution in [2.75, 3.05) is 0 Å². The third-order valence-corrected chi connectivity index (χ3v) is 5.79. The Kier molecular flexibility index (Phi) is 5.27. The Morgan fingerprint density at radius 2 is 2.10 bits per heavy atom. The second-order valence-corrected chi connectivity index (χ2v) is 8.05. The quantitative estimate of drug-likeness (QED) is 0.221. The van der Waals surface area contributed by atoms with Crippen molar-refractivity contribution in [3.63, 3.8) is 0 Å². The molecule has 0 atom stereocenters. The predicted molar refractivity (Wildman–Crippen MR) is 113 cm³/mol. The molecule has 0 saturated carbocycles. The lowest BCUT2D eigenvalue weighted by Crippen LogP contribution is -2.27. The topological polar surface area (TPSA) is 89.7 Å². The van der Waals surface area contributed by atoms with Crippen LogP contribution < -0.4 is 0 Å². The highest BCUT2D eigenvalue weighted by molar-refractivity contribution is 8.26. The molecule has 1 fully saturated rings. The smallest absolute Gasteiger partial charge is 0.270 e. The molecule has 0 radical (unpaired) electrons. The largest absolute Gasteiger partial charge is 0.467 e. The van der Waals surface area contributed by atoms with Gasteiger partial charge >= 0.3 is 0 Å². The number of thiocarbonyl (C=S) groups is 1. The third kappa shape index (κ3) is 3.98. The van der Waals surface area contributed by atoms with Gasteiger partial charge in [-0.1, -0.05) is 35.6 Å². The molecular weight excluding hydrogens is 436 g/mol. The van der Waals surface area contributed by atoms with E-state index in [2.05, 4.69) is 0 Å². The van der Waals surface area contributed by atoms with Crippen LogP contribution >= 0.6 is 35.6 Å². The number of carbonyl (C=O) groups is 1. The van der Waals surface area contributed by atoms with Gasteiger partial charge in [-0.25, -0.2) is 0 Å². The number of hydrogen-bond donors (Lipinski definition) is 0. The summed E-state index contributed by atoms with van der Waals surface area (Å²) in [7, 11) is 0. The molecule has 4 rings (SSSR count). The molecule has 1 amide bonds. The lowest BCUT2D eigenvalue weighted by atomic mass is 10.1. The summed E-state index contributed by atoms with van der Waals surface area (Å²) in [5.41, 5.74) is 0.410. The average Bonchev–Trinajstić information content (AvgIpc) is 3.41. The van der Waals surface area contributed by atoms with Crippen LogP contribution in [-0.4, -0.2) is 20.1 Å². The molecule has 146 valence electrons. The average molecular weight is 447 g/mol. The first kappa shape index (κ1) is 19.4. The van der Waals surface area contributed by atoms with Crippen LogP contribution in [0, 0.1) is 10.1 Å². The minimum atomic E-state index is -0.520. The number of carbonyl (C=O) groups excluding carboxylic acids is 1. The SMILES string of the molecule is O=C1/C(=C\c2ccc(-c3ccc([N+](=O)[O-])cc3Cl)o2)SC(=S)N1Cc1ccco1. The second-order valence-electron chi connectivity index (χ2n) is 5.97. The first-order valence-corrected chi connectivity index (χ1v) is 9.84. The van der Waals surface area contributed by atoms with Gasteiger partial charge in [0.2, 0.25) is 0 Å². The molecule has 3 aromatic rings. The van der Waals surface area contributed by atoms with Gasteiger partial charge in [0.05, 0.1) is 27.7 Å². The van der Waals surface area contributed by atoms with Gasteiger partial charge in [0.15, 0.2) is 0 Å². The van der Waals surface area contributed by atoms with Gasteiger partial charge in [0.1, 0.15) is 21.6 Å². The number of benzene rings is 1. The minimum absolute atomic E-state index is 0.106. The number of halogens is 1. The summed E-state index contributed by atoms with van der Waals surface area (Å²) >= 11 is 12.6. The highest BCUT2D eigenvalue weighted by atomic mass is 35.5. The Bertz CT molecular complexity index is 1150. The van der Waals surface area contributed by atoms with Crippen LogP contribution in [0.4, 0.5) is 5.69 Å². The van der Waals surface area contributed by atoms with Gasteiger partial charge in [0, 0.05) is 23.8 Å². The number of thioether (sulfide) groups is 1. The van der Waals surface area contributed by atoms with Gasteiger partial charge in [-0.15, -0.1) is 0 Å². The zero-order valence-electron chi connectivity index (χ0n) is 14.5. The van der Waals surface area contributed by atoms with Crippen LogP contribution in [0.3, 0.4) is 0 Å². The minimum Gasteiger partial charge on any atom is -0.467 e. The van der Waals surface area contributed by atoms with Crippen LogP contribution in [-0.2, 0) is 11.3 Å². The van der Waals surface area contributed by atoms with Crippen LogP contribution in [0.5, 0.6) is 0 Å². The Hall–Kier alpha value is -2.88. The molecule has 0 N–H and O–H groups in total. The number of non-ortho nitro benzene ring substituents is 1. The summed E-state index contributed by atoms with van der Waals surface area (Å²) in [6, 6.07) is 11.0. The second kappa shape index (κ2) is 7.86. The molecular formula is C19H11ClN2O5S2. The fraction of sp³-hybridized carbons (Fsp3) is 0.0526. The van der Waals surface area contributed by atoms with Gasteiger partial charge < -0.3 is 8.83 Å². The van der Waals surface area contributed by atoms with Gasteiger partial charge in [0.25, 0.3) is 11.6 Å².